The lowest BCUT2D eigenvalue weighted by Crippen LogP contribution is -2.28. The van der Waals surface area contributed by atoms with Crippen molar-refractivity contribution in [3.8, 4) is 0 Å². The van der Waals surface area contributed by atoms with E-state index in [0.717, 1.165) is 12.1 Å². The topological polar surface area (TPSA) is 52.0 Å². The van der Waals surface area contributed by atoms with Crippen LogP contribution in [0, 0.1) is 13.8 Å². The molecule has 0 spiro atoms. The number of carbonyl (C=O) groups is 1. The van der Waals surface area contributed by atoms with Crippen molar-refractivity contribution in [1.29, 1.82) is 0 Å². The number of Topliss-reactive ketones (excluding diaryl/α,β-unsaturated/α-hetero) is 1. The second-order valence-corrected chi connectivity index (χ2v) is 5.62. The third-order valence-electron chi connectivity index (χ3n) is 2.93. The summed E-state index contributed by atoms with van der Waals surface area (Å²) >= 11 is 1.49. The molecule has 100 valence electrons. The van der Waals surface area contributed by atoms with Crippen molar-refractivity contribution in [2.75, 3.05) is 0 Å². The Morgan fingerprint density at radius 1 is 1.37 bits per heavy atom. The zero-order chi connectivity index (χ0) is 14.0. The van der Waals surface area contributed by atoms with E-state index in [4.69, 9.17) is 0 Å². The third-order valence-corrected chi connectivity index (χ3v) is 4.20. The Morgan fingerprint density at radius 3 is 2.68 bits per heavy atom. The number of thiophene rings is 1. The third kappa shape index (κ3) is 2.98. The molecule has 4 nitrogen and oxygen atoms in total. The lowest BCUT2D eigenvalue weighted by molar-refractivity contribution is 0.0973. The molecule has 2 rings (SSSR count). The first kappa shape index (κ1) is 13.7. The van der Waals surface area contributed by atoms with Gasteiger partial charge in [0.15, 0.2) is 5.78 Å². The summed E-state index contributed by atoms with van der Waals surface area (Å²) in [4.78, 5) is 29.7. The summed E-state index contributed by atoms with van der Waals surface area (Å²) in [7, 11) is 0. The van der Waals surface area contributed by atoms with Crippen molar-refractivity contribution in [3.63, 3.8) is 0 Å². The van der Waals surface area contributed by atoms with E-state index in [2.05, 4.69) is 11.9 Å². The van der Waals surface area contributed by atoms with Gasteiger partial charge >= 0.3 is 5.69 Å². The second-order valence-electron chi connectivity index (χ2n) is 4.45. The molecular weight excluding hydrogens is 260 g/mol. The Labute approximate surface area is 115 Å². The van der Waals surface area contributed by atoms with E-state index in [1.54, 1.807) is 13.0 Å². The van der Waals surface area contributed by atoms with Crippen LogP contribution in [-0.4, -0.2) is 15.3 Å². The van der Waals surface area contributed by atoms with Gasteiger partial charge in [0.2, 0.25) is 0 Å². The highest BCUT2D eigenvalue weighted by molar-refractivity contribution is 7.14. The van der Waals surface area contributed by atoms with Crippen molar-refractivity contribution in [1.82, 2.24) is 9.55 Å². The number of carbonyl (C=O) groups excluding carboxylic acids is 1. The predicted molar refractivity (Wildman–Crippen MR) is 76.0 cm³/mol. The molecule has 0 saturated heterocycles. The van der Waals surface area contributed by atoms with Gasteiger partial charge in [-0.2, -0.15) is 4.98 Å². The summed E-state index contributed by atoms with van der Waals surface area (Å²) in [6.45, 7) is 5.70. The minimum absolute atomic E-state index is 0.0412. The van der Waals surface area contributed by atoms with Gasteiger partial charge < -0.3 is 0 Å². The molecule has 0 fully saturated rings. The van der Waals surface area contributed by atoms with Crippen LogP contribution < -0.4 is 5.69 Å². The van der Waals surface area contributed by atoms with Crippen LogP contribution in [0.25, 0.3) is 0 Å². The minimum atomic E-state index is -0.363. The van der Waals surface area contributed by atoms with Gasteiger partial charge in [0.1, 0.15) is 0 Å². The first-order valence-corrected chi connectivity index (χ1v) is 7.00. The highest BCUT2D eigenvalue weighted by atomic mass is 32.1. The summed E-state index contributed by atoms with van der Waals surface area (Å²) in [6.07, 6.45) is 0.920. The Morgan fingerprint density at radius 2 is 2.11 bits per heavy atom. The lowest BCUT2D eigenvalue weighted by atomic mass is 10.3. The Hall–Kier alpha value is -1.75. The monoisotopic (exact) mass is 276 g/mol. The van der Waals surface area contributed by atoms with Crippen LogP contribution in [0.2, 0.25) is 0 Å². The highest BCUT2D eigenvalue weighted by Gasteiger charge is 2.12. The van der Waals surface area contributed by atoms with Crippen LogP contribution in [0.5, 0.6) is 0 Å². The number of aryl methyl sites for hydroxylation is 3. The standard InChI is InChI=1S/C14H16N2O2S/c1-4-11-5-6-13(19-11)12(17)8-16-10(3)7-9(2)15-14(16)18/h5-7H,4,8H2,1-3H3. The van der Waals surface area contributed by atoms with Crippen molar-refractivity contribution in [2.45, 2.75) is 33.7 Å². The zero-order valence-corrected chi connectivity index (χ0v) is 12.1. The van der Waals surface area contributed by atoms with E-state index in [-0.39, 0.29) is 18.0 Å². The van der Waals surface area contributed by atoms with E-state index in [9.17, 15) is 9.59 Å². The van der Waals surface area contributed by atoms with E-state index in [1.165, 1.54) is 20.8 Å². The van der Waals surface area contributed by atoms with E-state index >= 15 is 0 Å². The molecule has 0 aromatic carbocycles. The second kappa shape index (κ2) is 5.48. The average molecular weight is 276 g/mol. The fraction of sp³-hybridized carbons (Fsp3) is 0.357. The van der Waals surface area contributed by atoms with Crippen LogP contribution in [-0.2, 0) is 13.0 Å². The molecule has 0 aliphatic carbocycles. The Bertz CT molecular complexity index is 670. The van der Waals surface area contributed by atoms with E-state index in [0.29, 0.717) is 10.6 Å². The van der Waals surface area contributed by atoms with Crippen LogP contribution in [0.1, 0.15) is 32.9 Å². The summed E-state index contributed by atoms with van der Waals surface area (Å²) in [5, 5.41) is 0. The van der Waals surface area contributed by atoms with Crippen LogP contribution in [0.15, 0.2) is 23.0 Å². The van der Waals surface area contributed by atoms with Crippen molar-refractivity contribution >= 4 is 17.1 Å². The SMILES string of the molecule is CCc1ccc(C(=O)Cn2c(C)cc(C)nc2=O)s1. The Balaban J connectivity index is 2.26. The first-order chi connectivity index (χ1) is 9.01. The molecule has 2 aromatic heterocycles. The molecule has 2 aromatic rings. The van der Waals surface area contributed by atoms with Crippen LogP contribution in [0.4, 0.5) is 0 Å². The Kier molecular flexibility index (Phi) is 3.95. The van der Waals surface area contributed by atoms with Gasteiger partial charge in [-0.05, 0) is 38.5 Å². The first-order valence-electron chi connectivity index (χ1n) is 6.18. The maximum atomic E-state index is 12.2. The van der Waals surface area contributed by atoms with Crippen molar-refractivity contribution in [2.24, 2.45) is 0 Å². The largest absolute Gasteiger partial charge is 0.348 e. The number of rotatable bonds is 4. The zero-order valence-electron chi connectivity index (χ0n) is 11.3. The summed E-state index contributed by atoms with van der Waals surface area (Å²) < 4.78 is 1.42. The molecule has 19 heavy (non-hydrogen) atoms. The van der Waals surface area contributed by atoms with Crippen molar-refractivity contribution in [3.05, 3.63) is 49.8 Å². The molecule has 0 aliphatic rings. The van der Waals surface area contributed by atoms with E-state index < -0.39 is 0 Å². The minimum Gasteiger partial charge on any atom is -0.291 e. The van der Waals surface area contributed by atoms with Gasteiger partial charge in [0.25, 0.3) is 0 Å². The molecule has 0 aliphatic heterocycles. The molecule has 0 saturated carbocycles. The van der Waals surface area contributed by atoms with Gasteiger partial charge in [-0.25, -0.2) is 4.79 Å². The highest BCUT2D eigenvalue weighted by Crippen LogP contribution is 2.18. The quantitative estimate of drug-likeness (QED) is 0.806. The maximum absolute atomic E-state index is 12.2. The fourth-order valence-corrected chi connectivity index (χ4v) is 2.78. The number of aromatic nitrogens is 2. The molecule has 0 amide bonds. The van der Waals surface area contributed by atoms with Gasteiger partial charge in [-0.3, -0.25) is 9.36 Å². The van der Waals surface area contributed by atoms with Crippen molar-refractivity contribution < 1.29 is 4.79 Å². The molecule has 0 N–H and O–H groups in total. The number of hydrogen-bond donors (Lipinski definition) is 0. The predicted octanol–water partition coefficient (Wildman–Crippen LogP) is 2.37. The molecule has 0 atom stereocenters. The van der Waals surface area contributed by atoms with Crippen LogP contribution in [0.3, 0.4) is 0 Å². The van der Waals surface area contributed by atoms with Gasteiger partial charge in [0.05, 0.1) is 11.4 Å². The van der Waals surface area contributed by atoms with Crippen LogP contribution >= 0.6 is 11.3 Å². The normalized spacial score (nSPS) is 10.7. The lowest BCUT2D eigenvalue weighted by Gasteiger charge is -2.07. The molecule has 0 unspecified atom stereocenters. The number of hydrogen-bond acceptors (Lipinski definition) is 4. The van der Waals surface area contributed by atoms with Gasteiger partial charge in [-0.1, -0.05) is 6.92 Å². The molecule has 0 radical (unpaired) electrons. The summed E-state index contributed by atoms with van der Waals surface area (Å²) in [5.41, 5.74) is 1.08. The summed E-state index contributed by atoms with van der Waals surface area (Å²) in [6, 6.07) is 5.59. The maximum Gasteiger partial charge on any atom is 0.348 e. The number of ketones is 1. The fourth-order valence-electron chi connectivity index (χ4n) is 1.91. The van der Waals surface area contributed by atoms with E-state index in [1.807, 2.05) is 19.1 Å². The molecule has 0 bridgehead atoms. The number of nitrogens with zero attached hydrogens (tertiary/aromatic N) is 2. The van der Waals surface area contributed by atoms with Gasteiger partial charge in [0, 0.05) is 16.3 Å². The average Bonchev–Trinajstić information content (AvgIpc) is 2.82. The molecule has 5 heteroatoms. The molecule has 2 heterocycles. The van der Waals surface area contributed by atoms with Gasteiger partial charge in [-0.15, -0.1) is 11.3 Å². The molecular formula is C14H16N2O2S. The smallest absolute Gasteiger partial charge is 0.291 e. The summed E-state index contributed by atoms with van der Waals surface area (Å²) in [5.74, 6) is -0.0412.